The Morgan fingerprint density at radius 3 is 2.33 bits per heavy atom. The highest BCUT2D eigenvalue weighted by Crippen LogP contribution is 2.17. The first-order chi connectivity index (χ1) is 6.89. The van der Waals surface area contributed by atoms with Gasteiger partial charge in [-0.05, 0) is 11.8 Å². The zero-order valence-corrected chi connectivity index (χ0v) is 10.2. The normalized spacial score (nSPS) is 13.7. The van der Waals surface area contributed by atoms with E-state index in [9.17, 15) is 4.79 Å². The lowest BCUT2D eigenvalue weighted by atomic mass is 9.87. The highest BCUT2D eigenvalue weighted by Gasteiger charge is 2.28. The molecule has 2 N–H and O–H groups in total. The first-order valence-corrected chi connectivity index (χ1v) is 5.39. The van der Waals surface area contributed by atoms with Crippen LogP contribution in [0.5, 0.6) is 0 Å². The van der Waals surface area contributed by atoms with Gasteiger partial charge in [0.1, 0.15) is 12.6 Å². The summed E-state index contributed by atoms with van der Waals surface area (Å²) in [6.45, 7) is 9.18. The predicted molar refractivity (Wildman–Crippen MR) is 59.5 cm³/mol. The number of hydrogen-bond donors (Lipinski definition) is 1. The van der Waals surface area contributed by atoms with Crippen molar-refractivity contribution < 1.29 is 14.3 Å². The second-order valence-electron chi connectivity index (χ2n) is 4.62. The van der Waals surface area contributed by atoms with E-state index >= 15 is 0 Å². The van der Waals surface area contributed by atoms with E-state index in [1.807, 2.05) is 27.7 Å². The van der Waals surface area contributed by atoms with Crippen LogP contribution in [0.25, 0.3) is 0 Å². The highest BCUT2D eigenvalue weighted by molar-refractivity contribution is 5.76. The molecule has 0 fully saturated rings. The van der Waals surface area contributed by atoms with Crippen molar-refractivity contribution in [2.24, 2.45) is 11.1 Å². The van der Waals surface area contributed by atoms with Gasteiger partial charge in [-0.25, -0.2) is 0 Å². The van der Waals surface area contributed by atoms with Gasteiger partial charge < -0.3 is 15.2 Å². The molecule has 4 heteroatoms. The van der Waals surface area contributed by atoms with Crippen molar-refractivity contribution in [2.75, 3.05) is 19.8 Å². The molecule has 0 spiro atoms. The van der Waals surface area contributed by atoms with Crippen molar-refractivity contribution in [1.29, 1.82) is 0 Å². The summed E-state index contributed by atoms with van der Waals surface area (Å²) in [5.74, 6) is -0.359. The first kappa shape index (κ1) is 14.4. The average Bonchev–Trinajstić information content (AvgIpc) is 2.14. The molecule has 0 amide bonds. The van der Waals surface area contributed by atoms with Gasteiger partial charge in [0.2, 0.25) is 0 Å². The van der Waals surface area contributed by atoms with Crippen LogP contribution in [0.1, 0.15) is 34.1 Å². The van der Waals surface area contributed by atoms with Gasteiger partial charge in [-0.2, -0.15) is 0 Å². The van der Waals surface area contributed by atoms with E-state index in [2.05, 4.69) is 0 Å². The molecule has 0 rings (SSSR count). The third-order valence-electron chi connectivity index (χ3n) is 2.01. The Labute approximate surface area is 92.1 Å². The molecule has 1 atom stereocenters. The van der Waals surface area contributed by atoms with Crippen molar-refractivity contribution in [3.8, 4) is 0 Å². The van der Waals surface area contributed by atoms with Gasteiger partial charge in [-0.1, -0.05) is 27.7 Å². The fraction of sp³-hybridized carbons (Fsp3) is 0.909. The number of nitrogens with two attached hydrogens (primary N) is 1. The molecule has 0 saturated heterocycles. The minimum absolute atomic E-state index is 0.263. The second-order valence-corrected chi connectivity index (χ2v) is 4.62. The Bertz CT molecular complexity index is 187. The van der Waals surface area contributed by atoms with E-state index < -0.39 is 6.04 Å². The highest BCUT2D eigenvalue weighted by atomic mass is 16.6. The molecule has 15 heavy (non-hydrogen) atoms. The molecule has 4 nitrogen and oxygen atoms in total. The molecule has 0 heterocycles. The van der Waals surface area contributed by atoms with Crippen LogP contribution >= 0.6 is 0 Å². The van der Waals surface area contributed by atoms with E-state index in [-0.39, 0.29) is 18.0 Å². The van der Waals surface area contributed by atoms with E-state index in [0.29, 0.717) is 13.2 Å². The van der Waals surface area contributed by atoms with Crippen LogP contribution in [0.4, 0.5) is 0 Å². The molecule has 0 saturated carbocycles. The summed E-state index contributed by atoms with van der Waals surface area (Å²) in [5, 5.41) is 0. The summed E-state index contributed by atoms with van der Waals surface area (Å²) in [7, 11) is 0. The van der Waals surface area contributed by atoms with Crippen LogP contribution in [0.2, 0.25) is 0 Å². The quantitative estimate of drug-likeness (QED) is 0.538. The van der Waals surface area contributed by atoms with Crippen molar-refractivity contribution >= 4 is 5.97 Å². The van der Waals surface area contributed by atoms with Crippen LogP contribution < -0.4 is 5.73 Å². The average molecular weight is 217 g/mol. The van der Waals surface area contributed by atoms with Gasteiger partial charge in [0.25, 0.3) is 0 Å². The van der Waals surface area contributed by atoms with Gasteiger partial charge in [0.15, 0.2) is 0 Å². The molecular formula is C11H23NO3. The molecule has 0 aromatic carbocycles. The van der Waals surface area contributed by atoms with Crippen molar-refractivity contribution in [2.45, 2.75) is 40.2 Å². The van der Waals surface area contributed by atoms with Crippen LogP contribution in [-0.4, -0.2) is 31.8 Å². The fourth-order valence-corrected chi connectivity index (χ4v) is 0.891. The van der Waals surface area contributed by atoms with Crippen LogP contribution in [0.3, 0.4) is 0 Å². The molecule has 0 radical (unpaired) electrons. The zero-order chi connectivity index (χ0) is 11.9. The number of rotatable bonds is 6. The topological polar surface area (TPSA) is 61.5 Å². The fourth-order valence-electron chi connectivity index (χ4n) is 0.891. The van der Waals surface area contributed by atoms with Crippen LogP contribution in [-0.2, 0) is 14.3 Å². The molecule has 0 aromatic heterocycles. The van der Waals surface area contributed by atoms with E-state index in [1.54, 1.807) is 0 Å². The zero-order valence-electron chi connectivity index (χ0n) is 10.2. The number of esters is 1. The molecule has 0 aliphatic carbocycles. The molecule has 0 aliphatic rings. The summed E-state index contributed by atoms with van der Waals surface area (Å²) < 4.78 is 10.2. The van der Waals surface area contributed by atoms with Gasteiger partial charge >= 0.3 is 5.97 Å². The lowest BCUT2D eigenvalue weighted by molar-refractivity contribution is -0.149. The summed E-state index contributed by atoms with van der Waals surface area (Å²) in [4.78, 5) is 11.4. The summed E-state index contributed by atoms with van der Waals surface area (Å²) in [6, 6.07) is -0.580. The van der Waals surface area contributed by atoms with Gasteiger partial charge in [0.05, 0.1) is 6.61 Å². The standard InChI is InChI=1S/C11H23NO3/c1-5-6-14-7-8-15-10(13)9(12)11(2,3)4/h9H,5-8,12H2,1-4H3/t9-/m0/s1. The molecule has 90 valence electrons. The number of ether oxygens (including phenoxy) is 2. The van der Waals surface area contributed by atoms with Gasteiger partial charge in [0, 0.05) is 6.61 Å². The maximum Gasteiger partial charge on any atom is 0.323 e. The lowest BCUT2D eigenvalue weighted by Crippen LogP contribution is -2.43. The smallest absolute Gasteiger partial charge is 0.323 e. The molecule has 0 unspecified atom stereocenters. The third kappa shape index (κ3) is 6.47. The van der Waals surface area contributed by atoms with Gasteiger partial charge in [-0.3, -0.25) is 4.79 Å². The Balaban J connectivity index is 3.66. The maximum absolute atomic E-state index is 11.4. The predicted octanol–water partition coefficient (Wildman–Crippen LogP) is 1.33. The summed E-state index contributed by atoms with van der Waals surface area (Å²) in [6.07, 6.45) is 0.968. The maximum atomic E-state index is 11.4. The molecule has 0 aromatic rings. The van der Waals surface area contributed by atoms with Crippen LogP contribution in [0.15, 0.2) is 0 Å². The minimum Gasteiger partial charge on any atom is -0.462 e. The van der Waals surface area contributed by atoms with Crippen molar-refractivity contribution in [3.05, 3.63) is 0 Å². The Hall–Kier alpha value is -0.610. The van der Waals surface area contributed by atoms with Crippen molar-refractivity contribution in [1.82, 2.24) is 0 Å². The first-order valence-electron chi connectivity index (χ1n) is 5.39. The number of hydrogen-bond acceptors (Lipinski definition) is 4. The summed E-state index contributed by atoms with van der Waals surface area (Å²) >= 11 is 0. The molecule has 0 bridgehead atoms. The Morgan fingerprint density at radius 1 is 1.27 bits per heavy atom. The van der Waals surface area contributed by atoms with Crippen LogP contribution in [0, 0.1) is 5.41 Å². The molecular weight excluding hydrogens is 194 g/mol. The minimum atomic E-state index is -0.580. The van der Waals surface area contributed by atoms with E-state index in [0.717, 1.165) is 6.42 Å². The largest absolute Gasteiger partial charge is 0.462 e. The van der Waals surface area contributed by atoms with E-state index in [1.165, 1.54) is 0 Å². The Kier molecular flexibility index (Phi) is 6.52. The monoisotopic (exact) mass is 217 g/mol. The Morgan fingerprint density at radius 2 is 1.87 bits per heavy atom. The SMILES string of the molecule is CCCOCCOC(=O)[C@H](N)C(C)(C)C. The lowest BCUT2D eigenvalue weighted by Gasteiger charge is -2.24. The van der Waals surface area contributed by atoms with E-state index in [4.69, 9.17) is 15.2 Å². The van der Waals surface area contributed by atoms with Gasteiger partial charge in [-0.15, -0.1) is 0 Å². The summed E-state index contributed by atoms with van der Waals surface area (Å²) in [5.41, 5.74) is 5.46. The third-order valence-corrected chi connectivity index (χ3v) is 2.01. The number of carbonyl (C=O) groups excluding carboxylic acids is 1. The van der Waals surface area contributed by atoms with Crippen molar-refractivity contribution in [3.63, 3.8) is 0 Å². The molecule has 0 aliphatic heterocycles. The second kappa shape index (κ2) is 6.80. The number of carbonyl (C=O) groups is 1.